The van der Waals surface area contributed by atoms with Gasteiger partial charge in [-0.2, -0.15) is 0 Å². The summed E-state index contributed by atoms with van der Waals surface area (Å²) in [4.78, 5) is 12.5. The van der Waals surface area contributed by atoms with Crippen LogP contribution in [0.3, 0.4) is 0 Å². The van der Waals surface area contributed by atoms with Crippen molar-refractivity contribution >= 4 is 5.91 Å². The zero-order chi connectivity index (χ0) is 18.7. The Kier molecular flexibility index (Phi) is 5.89. The van der Waals surface area contributed by atoms with Crippen molar-refractivity contribution in [3.05, 3.63) is 63.7 Å². The smallest absolute Gasteiger partial charge is 0.261 e. The normalized spacial score (nSPS) is 13.2. The molecule has 0 radical (unpaired) electrons. The fourth-order valence-electron chi connectivity index (χ4n) is 2.90. The fourth-order valence-corrected chi connectivity index (χ4v) is 2.90. The van der Waals surface area contributed by atoms with Crippen molar-refractivity contribution in [2.75, 3.05) is 0 Å². The van der Waals surface area contributed by atoms with Gasteiger partial charge >= 0.3 is 0 Å². The average Bonchev–Trinajstić information content (AvgIpc) is 2.54. The third-order valence-electron chi connectivity index (χ3n) is 4.87. The van der Waals surface area contributed by atoms with Crippen LogP contribution in [0.15, 0.2) is 30.3 Å². The third-order valence-corrected chi connectivity index (χ3v) is 4.87. The van der Waals surface area contributed by atoms with E-state index in [0.29, 0.717) is 0 Å². The van der Waals surface area contributed by atoms with E-state index in [1.807, 2.05) is 32.0 Å². The van der Waals surface area contributed by atoms with Gasteiger partial charge in [-0.1, -0.05) is 18.2 Å². The molecule has 2 aromatic rings. The van der Waals surface area contributed by atoms with E-state index in [2.05, 4.69) is 45.1 Å². The molecule has 2 aromatic carbocycles. The molecule has 0 aliphatic carbocycles. The SMILES string of the molecule is Cc1ccc(OC(C)C(=O)NC(C)c2cc(C)c(C)cc2C)cc1C. The first-order chi connectivity index (χ1) is 11.7. The van der Waals surface area contributed by atoms with Gasteiger partial charge in [0.2, 0.25) is 0 Å². The number of ether oxygens (including phenoxy) is 1. The third kappa shape index (κ3) is 4.62. The van der Waals surface area contributed by atoms with Crippen LogP contribution in [-0.2, 0) is 4.79 Å². The van der Waals surface area contributed by atoms with Gasteiger partial charge in [0.25, 0.3) is 5.91 Å². The highest BCUT2D eigenvalue weighted by molar-refractivity contribution is 5.81. The topological polar surface area (TPSA) is 38.3 Å². The standard InChI is InChI=1S/C22H29NO2/c1-13-8-9-20(11-15(13)3)25-19(7)22(24)23-18(6)21-12-16(4)14(2)10-17(21)5/h8-12,18-19H,1-7H3,(H,23,24). The molecule has 0 aromatic heterocycles. The van der Waals surface area contributed by atoms with Crippen LogP contribution in [0.4, 0.5) is 0 Å². The maximum Gasteiger partial charge on any atom is 0.261 e. The summed E-state index contributed by atoms with van der Waals surface area (Å²) in [6.45, 7) is 14.2. The van der Waals surface area contributed by atoms with Crippen molar-refractivity contribution in [3.63, 3.8) is 0 Å². The molecule has 0 spiro atoms. The van der Waals surface area contributed by atoms with E-state index in [-0.39, 0.29) is 11.9 Å². The molecule has 3 heteroatoms. The molecule has 2 atom stereocenters. The number of hydrogen-bond acceptors (Lipinski definition) is 2. The molecule has 3 nitrogen and oxygen atoms in total. The van der Waals surface area contributed by atoms with E-state index in [1.54, 1.807) is 6.92 Å². The number of carbonyl (C=O) groups is 1. The molecule has 134 valence electrons. The van der Waals surface area contributed by atoms with Crippen LogP contribution in [0.1, 0.15) is 53.3 Å². The Labute approximate surface area is 151 Å². The number of aryl methyl sites for hydroxylation is 5. The first-order valence-electron chi connectivity index (χ1n) is 8.81. The van der Waals surface area contributed by atoms with Crippen LogP contribution in [0.2, 0.25) is 0 Å². The van der Waals surface area contributed by atoms with Crippen molar-refractivity contribution in [1.29, 1.82) is 0 Å². The molecule has 1 amide bonds. The predicted octanol–water partition coefficient (Wildman–Crippen LogP) is 4.87. The maximum atomic E-state index is 12.5. The van der Waals surface area contributed by atoms with Gasteiger partial charge in [-0.05, 0) is 94.0 Å². The summed E-state index contributed by atoms with van der Waals surface area (Å²) in [5.74, 6) is 0.615. The van der Waals surface area contributed by atoms with E-state index in [4.69, 9.17) is 4.74 Å². The summed E-state index contributed by atoms with van der Waals surface area (Å²) in [7, 11) is 0. The molecule has 0 bridgehead atoms. The Morgan fingerprint density at radius 2 is 1.44 bits per heavy atom. The van der Waals surface area contributed by atoms with E-state index in [0.717, 1.165) is 16.9 Å². The van der Waals surface area contributed by atoms with E-state index >= 15 is 0 Å². The van der Waals surface area contributed by atoms with Gasteiger partial charge in [0.15, 0.2) is 6.10 Å². The fraction of sp³-hybridized carbons (Fsp3) is 0.409. The molecular formula is C22H29NO2. The lowest BCUT2D eigenvalue weighted by molar-refractivity contribution is -0.127. The number of nitrogens with one attached hydrogen (secondary N) is 1. The predicted molar refractivity (Wildman–Crippen MR) is 103 cm³/mol. The summed E-state index contributed by atoms with van der Waals surface area (Å²) in [6, 6.07) is 10.2. The van der Waals surface area contributed by atoms with Crippen LogP contribution in [0.25, 0.3) is 0 Å². The summed E-state index contributed by atoms with van der Waals surface area (Å²) in [5.41, 5.74) is 7.22. The van der Waals surface area contributed by atoms with Crippen molar-refractivity contribution in [1.82, 2.24) is 5.32 Å². The zero-order valence-electron chi connectivity index (χ0n) is 16.4. The Bertz CT molecular complexity index is 780. The van der Waals surface area contributed by atoms with Gasteiger partial charge in [-0.15, -0.1) is 0 Å². The van der Waals surface area contributed by atoms with Gasteiger partial charge in [0.05, 0.1) is 6.04 Å². The Balaban J connectivity index is 2.05. The second-order valence-corrected chi connectivity index (χ2v) is 7.03. The van der Waals surface area contributed by atoms with Crippen LogP contribution in [-0.4, -0.2) is 12.0 Å². The summed E-state index contributed by atoms with van der Waals surface area (Å²) >= 11 is 0. The lowest BCUT2D eigenvalue weighted by atomic mass is 9.96. The summed E-state index contributed by atoms with van der Waals surface area (Å²) < 4.78 is 5.81. The molecule has 25 heavy (non-hydrogen) atoms. The largest absolute Gasteiger partial charge is 0.481 e. The Morgan fingerprint density at radius 3 is 2.08 bits per heavy atom. The first kappa shape index (κ1) is 19.0. The number of hydrogen-bond donors (Lipinski definition) is 1. The molecule has 0 aliphatic heterocycles. The molecule has 0 aliphatic rings. The van der Waals surface area contributed by atoms with Gasteiger partial charge in [-0.3, -0.25) is 4.79 Å². The van der Waals surface area contributed by atoms with Gasteiger partial charge in [0, 0.05) is 0 Å². The highest BCUT2D eigenvalue weighted by Crippen LogP contribution is 2.22. The maximum absolute atomic E-state index is 12.5. The van der Waals surface area contributed by atoms with Crippen molar-refractivity contribution in [3.8, 4) is 5.75 Å². The Morgan fingerprint density at radius 1 is 0.840 bits per heavy atom. The minimum atomic E-state index is -0.545. The minimum absolute atomic E-state index is 0.0578. The number of rotatable bonds is 5. The molecule has 2 unspecified atom stereocenters. The lowest BCUT2D eigenvalue weighted by Crippen LogP contribution is -2.38. The van der Waals surface area contributed by atoms with Crippen LogP contribution >= 0.6 is 0 Å². The summed E-state index contributed by atoms with van der Waals surface area (Å²) in [5, 5.41) is 3.07. The van der Waals surface area contributed by atoms with E-state index < -0.39 is 6.10 Å². The molecule has 0 saturated heterocycles. The lowest BCUT2D eigenvalue weighted by Gasteiger charge is -2.21. The number of carbonyl (C=O) groups excluding carboxylic acids is 1. The van der Waals surface area contributed by atoms with E-state index in [9.17, 15) is 4.79 Å². The Hall–Kier alpha value is -2.29. The van der Waals surface area contributed by atoms with Crippen LogP contribution < -0.4 is 10.1 Å². The number of amides is 1. The minimum Gasteiger partial charge on any atom is -0.481 e. The van der Waals surface area contributed by atoms with Crippen LogP contribution in [0, 0.1) is 34.6 Å². The molecular weight excluding hydrogens is 310 g/mol. The molecule has 2 rings (SSSR count). The summed E-state index contributed by atoms with van der Waals surface area (Å²) in [6.07, 6.45) is -0.545. The second-order valence-electron chi connectivity index (χ2n) is 7.03. The second kappa shape index (κ2) is 7.73. The van der Waals surface area contributed by atoms with Gasteiger partial charge in [-0.25, -0.2) is 0 Å². The quantitative estimate of drug-likeness (QED) is 0.843. The molecule has 1 N–H and O–H groups in total. The first-order valence-corrected chi connectivity index (χ1v) is 8.81. The highest BCUT2D eigenvalue weighted by Gasteiger charge is 2.19. The average molecular weight is 339 g/mol. The van der Waals surface area contributed by atoms with Crippen molar-refractivity contribution in [2.45, 2.75) is 60.6 Å². The van der Waals surface area contributed by atoms with Gasteiger partial charge in [0.1, 0.15) is 5.75 Å². The monoisotopic (exact) mass is 339 g/mol. The zero-order valence-corrected chi connectivity index (χ0v) is 16.4. The molecule has 0 fully saturated rings. The van der Waals surface area contributed by atoms with Crippen LogP contribution in [0.5, 0.6) is 5.75 Å². The van der Waals surface area contributed by atoms with Gasteiger partial charge < -0.3 is 10.1 Å². The number of benzene rings is 2. The highest BCUT2D eigenvalue weighted by atomic mass is 16.5. The van der Waals surface area contributed by atoms with E-state index in [1.165, 1.54) is 22.3 Å². The van der Waals surface area contributed by atoms with Crippen molar-refractivity contribution in [2.24, 2.45) is 0 Å². The van der Waals surface area contributed by atoms with Crippen molar-refractivity contribution < 1.29 is 9.53 Å². The molecule has 0 heterocycles. The molecule has 0 saturated carbocycles.